The second-order valence-corrected chi connectivity index (χ2v) is 5.21. The third-order valence-corrected chi connectivity index (χ3v) is 3.79. The maximum Gasteiger partial charge on any atom is 0.237 e. The maximum absolute atomic E-state index is 12.0. The lowest BCUT2D eigenvalue weighted by molar-refractivity contribution is -0.123. The van der Waals surface area contributed by atoms with Crippen LogP contribution < -0.4 is 10.6 Å². The summed E-state index contributed by atoms with van der Waals surface area (Å²) in [5.74, 6) is 0.680. The van der Waals surface area contributed by atoms with Gasteiger partial charge in [-0.3, -0.25) is 4.79 Å². The van der Waals surface area contributed by atoms with Crippen LogP contribution in [-0.2, 0) is 11.3 Å². The third kappa shape index (κ3) is 2.42. The Bertz CT molecular complexity index is 635. The van der Waals surface area contributed by atoms with E-state index < -0.39 is 6.10 Å². The summed E-state index contributed by atoms with van der Waals surface area (Å²) >= 11 is 0. The average Bonchev–Trinajstić information content (AvgIpc) is 3.01. The summed E-state index contributed by atoms with van der Waals surface area (Å²) < 4.78 is 5.75. The van der Waals surface area contributed by atoms with Crippen LogP contribution >= 0.6 is 0 Å². The van der Waals surface area contributed by atoms with E-state index in [1.807, 2.05) is 31.2 Å². The van der Waals surface area contributed by atoms with E-state index in [4.69, 9.17) is 4.42 Å². The maximum atomic E-state index is 12.0. The monoisotopic (exact) mass is 274 g/mol. The number of aryl methyl sites for hydroxylation is 1. The molecule has 0 radical (unpaired) electrons. The Morgan fingerprint density at radius 1 is 1.50 bits per heavy atom. The number of amides is 1. The van der Waals surface area contributed by atoms with Gasteiger partial charge >= 0.3 is 0 Å². The Morgan fingerprint density at radius 2 is 2.30 bits per heavy atom. The standard InChI is InChI=1S/C15H18N2O3/c1-9-11-4-2-3-5-13(11)20-14(9)8-17-15(19)12-6-10(18)7-16-12/h2-5,10,12,16,18H,6-8H2,1H3,(H,17,19). The van der Waals surface area contributed by atoms with Crippen LogP contribution in [0.3, 0.4) is 0 Å². The molecular formula is C15H18N2O3. The molecule has 0 bridgehead atoms. The summed E-state index contributed by atoms with van der Waals surface area (Å²) in [7, 11) is 0. The van der Waals surface area contributed by atoms with Gasteiger partial charge in [0.05, 0.1) is 18.7 Å². The normalized spacial score (nSPS) is 22.3. The summed E-state index contributed by atoms with van der Waals surface area (Å²) in [5, 5.41) is 16.3. The Morgan fingerprint density at radius 3 is 3.00 bits per heavy atom. The molecule has 2 heterocycles. The zero-order valence-electron chi connectivity index (χ0n) is 11.3. The number of aliphatic hydroxyl groups excluding tert-OH is 1. The topological polar surface area (TPSA) is 74.5 Å². The van der Waals surface area contributed by atoms with Gasteiger partial charge < -0.3 is 20.2 Å². The molecule has 106 valence electrons. The lowest BCUT2D eigenvalue weighted by Gasteiger charge is -2.10. The molecule has 3 N–H and O–H groups in total. The Kier molecular flexibility index (Phi) is 3.46. The fourth-order valence-electron chi connectivity index (χ4n) is 2.60. The summed E-state index contributed by atoms with van der Waals surface area (Å²) in [6.45, 7) is 2.83. The number of hydrogen-bond donors (Lipinski definition) is 3. The molecule has 5 heteroatoms. The van der Waals surface area contributed by atoms with Gasteiger partial charge in [-0.25, -0.2) is 0 Å². The number of furan rings is 1. The quantitative estimate of drug-likeness (QED) is 0.783. The molecule has 2 atom stereocenters. The van der Waals surface area contributed by atoms with Crippen molar-refractivity contribution < 1.29 is 14.3 Å². The molecule has 1 fully saturated rings. The number of carbonyl (C=O) groups is 1. The number of para-hydroxylation sites is 1. The zero-order chi connectivity index (χ0) is 14.1. The van der Waals surface area contributed by atoms with Crippen molar-refractivity contribution in [2.45, 2.75) is 32.0 Å². The van der Waals surface area contributed by atoms with Crippen LogP contribution in [-0.4, -0.2) is 29.7 Å². The van der Waals surface area contributed by atoms with Crippen LogP contribution in [0.1, 0.15) is 17.7 Å². The molecular weight excluding hydrogens is 256 g/mol. The Balaban J connectivity index is 1.68. The number of rotatable bonds is 3. The number of fused-ring (bicyclic) bond motifs is 1. The van der Waals surface area contributed by atoms with Crippen molar-refractivity contribution >= 4 is 16.9 Å². The molecule has 1 aliphatic heterocycles. The summed E-state index contributed by atoms with van der Waals surface area (Å²) in [6, 6.07) is 7.51. The smallest absolute Gasteiger partial charge is 0.237 e. The van der Waals surface area contributed by atoms with Crippen molar-refractivity contribution in [3.8, 4) is 0 Å². The van der Waals surface area contributed by atoms with E-state index in [0.29, 0.717) is 19.5 Å². The highest BCUT2D eigenvalue weighted by molar-refractivity contribution is 5.83. The minimum Gasteiger partial charge on any atom is -0.459 e. The average molecular weight is 274 g/mol. The predicted molar refractivity (Wildman–Crippen MR) is 75.2 cm³/mol. The lowest BCUT2D eigenvalue weighted by atomic mass is 10.1. The summed E-state index contributed by atoms with van der Waals surface area (Å²) in [4.78, 5) is 12.0. The van der Waals surface area contributed by atoms with Crippen molar-refractivity contribution in [1.82, 2.24) is 10.6 Å². The molecule has 3 rings (SSSR count). The number of carbonyl (C=O) groups excluding carboxylic acids is 1. The molecule has 1 aliphatic rings. The van der Waals surface area contributed by atoms with E-state index in [1.54, 1.807) is 0 Å². The largest absolute Gasteiger partial charge is 0.459 e. The molecule has 2 unspecified atom stereocenters. The first kappa shape index (κ1) is 13.1. The lowest BCUT2D eigenvalue weighted by Crippen LogP contribution is -2.40. The number of aliphatic hydroxyl groups is 1. The van der Waals surface area contributed by atoms with Crippen molar-refractivity contribution in [2.75, 3.05) is 6.54 Å². The van der Waals surface area contributed by atoms with Crippen LogP contribution in [0.4, 0.5) is 0 Å². The molecule has 20 heavy (non-hydrogen) atoms. The van der Waals surface area contributed by atoms with Crippen molar-refractivity contribution in [3.63, 3.8) is 0 Å². The molecule has 1 aromatic carbocycles. The van der Waals surface area contributed by atoms with E-state index in [0.717, 1.165) is 22.3 Å². The number of benzene rings is 1. The van der Waals surface area contributed by atoms with Crippen LogP contribution in [0.15, 0.2) is 28.7 Å². The van der Waals surface area contributed by atoms with Gasteiger partial charge in [-0.05, 0) is 19.4 Å². The number of hydrogen-bond acceptors (Lipinski definition) is 4. The second kappa shape index (κ2) is 5.26. The van der Waals surface area contributed by atoms with E-state index in [1.165, 1.54) is 0 Å². The molecule has 1 aromatic heterocycles. The van der Waals surface area contributed by atoms with Crippen molar-refractivity contribution in [2.24, 2.45) is 0 Å². The van der Waals surface area contributed by atoms with Crippen LogP contribution in [0, 0.1) is 6.92 Å². The molecule has 0 spiro atoms. The predicted octanol–water partition coefficient (Wildman–Crippen LogP) is 1.08. The summed E-state index contributed by atoms with van der Waals surface area (Å²) in [6.07, 6.45) is 0.0315. The Labute approximate surface area is 117 Å². The van der Waals surface area contributed by atoms with Gasteiger partial charge in [-0.2, -0.15) is 0 Å². The summed E-state index contributed by atoms with van der Waals surface area (Å²) in [5.41, 5.74) is 1.89. The van der Waals surface area contributed by atoms with Gasteiger partial charge in [-0.1, -0.05) is 18.2 Å². The van der Waals surface area contributed by atoms with E-state index in [9.17, 15) is 9.90 Å². The Hall–Kier alpha value is -1.85. The molecule has 1 saturated heterocycles. The van der Waals surface area contributed by atoms with Gasteiger partial charge in [-0.15, -0.1) is 0 Å². The minimum absolute atomic E-state index is 0.0959. The number of β-amino-alcohol motifs (C(OH)–C–C–N with tert-alkyl or cyclic N) is 1. The van der Waals surface area contributed by atoms with Crippen molar-refractivity contribution in [3.05, 3.63) is 35.6 Å². The highest BCUT2D eigenvalue weighted by atomic mass is 16.3. The molecule has 2 aromatic rings. The van der Waals surface area contributed by atoms with Crippen molar-refractivity contribution in [1.29, 1.82) is 0 Å². The minimum atomic E-state index is -0.432. The third-order valence-electron chi connectivity index (χ3n) is 3.79. The van der Waals surface area contributed by atoms with Crippen LogP contribution in [0.25, 0.3) is 11.0 Å². The van der Waals surface area contributed by atoms with E-state index in [2.05, 4.69) is 10.6 Å². The van der Waals surface area contributed by atoms with E-state index in [-0.39, 0.29) is 11.9 Å². The second-order valence-electron chi connectivity index (χ2n) is 5.21. The molecule has 5 nitrogen and oxygen atoms in total. The SMILES string of the molecule is Cc1c(CNC(=O)C2CC(O)CN2)oc2ccccc12. The molecule has 0 aliphatic carbocycles. The van der Waals surface area contributed by atoms with Crippen LogP contribution in [0.2, 0.25) is 0 Å². The van der Waals surface area contributed by atoms with Gasteiger partial charge in [0.2, 0.25) is 5.91 Å². The van der Waals surface area contributed by atoms with Gasteiger partial charge in [0.1, 0.15) is 11.3 Å². The van der Waals surface area contributed by atoms with Crippen LogP contribution in [0.5, 0.6) is 0 Å². The van der Waals surface area contributed by atoms with E-state index >= 15 is 0 Å². The fraction of sp³-hybridized carbons (Fsp3) is 0.400. The molecule has 0 saturated carbocycles. The van der Waals surface area contributed by atoms with Gasteiger partial charge in [0.15, 0.2) is 0 Å². The first-order valence-corrected chi connectivity index (χ1v) is 6.81. The highest BCUT2D eigenvalue weighted by Crippen LogP contribution is 2.24. The van der Waals surface area contributed by atoms with Gasteiger partial charge in [0, 0.05) is 17.5 Å². The highest BCUT2D eigenvalue weighted by Gasteiger charge is 2.28. The first-order valence-electron chi connectivity index (χ1n) is 6.81. The van der Waals surface area contributed by atoms with Gasteiger partial charge in [0.25, 0.3) is 0 Å². The molecule has 1 amide bonds. The fourth-order valence-corrected chi connectivity index (χ4v) is 2.60. The number of nitrogens with one attached hydrogen (secondary N) is 2. The zero-order valence-corrected chi connectivity index (χ0v) is 11.3. The first-order chi connectivity index (χ1) is 9.65.